The first-order chi connectivity index (χ1) is 12.9. The molecule has 27 heavy (non-hydrogen) atoms. The van der Waals surface area contributed by atoms with E-state index in [0.29, 0.717) is 13.1 Å². The van der Waals surface area contributed by atoms with E-state index in [-0.39, 0.29) is 24.4 Å². The molecule has 6 heteroatoms. The molecule has 0 aromatic heterocycles. The number of benzene rings is 2. The molecule has 2 aromatic carbocycles. The molecule has 1 amide bonds. The van der Waals surface area contributed by atoms with Gasteiger partial charge in [0.15, 0.2) is 0 Å². The molecular weight excluding hydrogens is 347 g/mol. The Morgan fingerprint density at radius 1 is 1.26 bits per heavy atom. The molecule has 0 saturated carbocycles. The highest BCUT2D eigenvalue weighted by Crippen LogP contribution is 2.23. The van der Waals surface area contributed by atoms with Crippen LogP contribution in [-0.4, -0.2) is 35.4 Å². The minimum atomic E-state index is -0.723. The Labute approximate surface area is 158 Å². The third kappa shape index (κ3) is 5.14. The van der Waals surface area contributed by atoms with Crippen molar-refractivity contribution in [2.24, 2.45) is 0 Å². The van der Waals surface area contributed by atoms with Crippen molar-refractivity contribution in [2.45, 2.75) is 39.1 Å². The molecular formula is C21H23FN2O3. The summed E-state index contributed by atoms with van der Waals surface area (Å²) < 4.78 is 18.6. The zero-order chi connectivity index (χ0) is 19.4. The van der Waals surface area contributed by atoms with Crippen molar-refractivity contribution in [3.8, 4) is 0 Å². The van der Waals surface area contributed by atoms with Gasteiger partial charge < -0.3 is 10.1 Å². The lowest BCUT2D eigenvalue weighted by Crippen LogP contribution is -2.42. The Balaban J connectivity index is 1.45. The number of hydrogen-bond acceptors (Lipinski definition) is 4. The Kier molecular flexibility index (Phi) is 5.86. The number of amides is 1. The van der Waals surface area contributed by atoms with Crippen LogP contribution >= 0.6 is 0 Å². The molecule has 1 heterocycles. The van der Waals surface area contributed by atoms with Crippen LogP contribution in [0.25, 0.3) is 0 Å². The van der Waals surface area contributed by atoms with Crippen LogP contribution in [0.15, 0.2) is 48.5 Å². The molecule has 5 nitrogen and oxygen atoms in total. The fraction of sp³-hybridized carbons (Fsp3) is 0.333. The van der Waals surface area contributed by atoms with Gasteiger partial charge >= 0.3 is 5.97 Å². The highest BCUT2D eigenvalue weighted by Gasteiger charge is 2.41. The van der Waals surface area contributed by atoms with Crippen molar-refractivity contribution < 1.29 is 18.7 Å². The van der Waals surface area contributed by atoms with Crippen LogP contribution in [0.5, 0.6) is 0 Å². The van der Waals surface area contributed by atoms with Gasteiger partial charge in [-0.25, -0.2) is 9.18 Å². The van der Waals surface area contributed by atoms with E-state index >= 15 is 0 Å². The zero-order valence-corrected chi connectivity index (χ0v) is 15.4. The maximum Gasteiger partial charge on any atom is 0.328 e. The van der Waals surface area contributed by atoms with E-state index in [9.17, 15) is 14.0 Å². The lowest BCUT2D eigenvalue weighted by molar-refractivity contribution is -0.148. The smallest absolute Gasteiger partial charge is 0.328 e. The Bertz CT molecular complexity index is 825. The molecule has 1 N–H and O–H groups in total. The number of halogens is 1. The molecule has 1 aliphatic rings. The Morgan fingerprint density at radius 2 is 2.00 bits per heavy atom. The van der Waals surface area contributed by atoms with Crippen molar-refractivity contribution in [2.75, 3.05) is 6.54 Å². The van der Waals surface area contributed by atoms with Gasteiger partial charge in [0, 0.05) is 13.1 Å². The van der Waals surface area contributed by atoms with Gasteiger partial charge in [-0.1, -0.05) is 36.4 Å². The van der Waals surface area contributed by atoms with Gasteiger partial charge in [-0.05, 0) is 42.7 Å². The monoisotopic (exact) mass is 370 g/mol. The van der Waals surface area contributed by atoms with Crippen molar-refractivity contribution in [3.05, 3.63) is 71.0 Å². The molecule has 0 spiro atoms. The Hall–Kier alpha value is -2.73. The zero-order valence-electron chi connectivity index (χ0n) is 15.4. The van der Waals surface area contributed by atoms with Crippen LogP contribution < -0.4 is 5.32 Å². The molecule has 3 rings (SSSR count). The van der Waals surface area contributed by atoms with E-state index in [1.165, 1.54) is 12.1 Å². The molecule has 1 fully saturated rings. The quantitative estimate of drug-likeness (QED) is 0.601. The summed E-state index contributed by atoms with van der Waals surface area (Å²) in [5.41, 5.74) is 2.74. The number of nitrogens with one attached hydrogen (secondary N) is 1. The van der Waals surface area contributed by atoms with Crippen molar-refractivity contribution >= 4 is 11.9 Å². The van der Waals surface area contributed by atoms with Gasteiger partial charge in [-0.3, -0.25) is 9.69 Å². The molecule has 3 atom stereocenters. The number of nitrogens with zero attached hydrogens (tertiary/aromatic N) is 1. The molecule has 1 aliphatic heterocycles. The van der Waals surface area contributed by atoms with E-state index in [1.54, 1.807) is 13.0 Å². The lowest BCUT2D eigenvalue weighted by atomic mass is 10.1. The average molecular weight is 370 g/mol. The standard InChI is InChI=1S/C21H23FN2O3/c1-14-8-9-18(22)10-17(14)11-24-12-19(24)20(25)23-15(2)21(26)27-13-16-6-4-3-5-7-16/h3-10,15,19H,11-13H2,1-2H3,(H,23,25)/t15-,19?,24?/m0/s1. The molecule has 142 valence electrons. The summed E-state index contributed by atoms with van der Waals surface area (Å²) >= 11 is 0. The fourth-order valence-corrected chi connectivity index (χ4v) is 2.85. The van der Waals surface area contributed by atoms with Crippen LogP contribution in [0.1, 0.15) is 23.6 Å². The second-order valence-corrected chi connectivity index (χ2v) is 6.84. The first kappa shape index (κ1) is 19.0. The summed E-state index contributed by atoms with van der Waals surface area (Å²) in [4.78, 5) is 26.3. The number of ether oxygens (including phenoxy) is 1. The Morgan fingerprint density at radius 3 is 2.74 bits per heavy atom. The molecule has 0 aliphatic carbocycles. The minimum Gasteiger partial charge on any atom is -0.459 e. The molecule has 0 radical (unpaired) electrons. The average Bonchev–Trinajstić information content (AvgIpc) is 3.43. The fourth-order valence-electron chi connectivity index (χ4n) is 2.85. The number of hydrogen-bond donors (Lipinski definition) is 1. The predicted octanol–water partition coefficient (Wildman–Crippen LogP) is 2.57. The molecule has 0 bridgehead atoms. The molecule has 2 aromatic rings. The van der Waals surface area contributed by atoms with Crippen molar-refractivity contribution in [1.29, 1.82) is 0 Å². The largest absolute Gasteiger partial charge is 0.459 e. The van der Waals surface area contributed by atoms with Crippen molar-refractivity contribution in [1.82, 2.24) is 10.2 Å². The van der Waals surface area contributed by atoms with Gasteiger partial charge in [0.05, 0.1) is 0 Å². The van der Waals surface area contributed by atoms with Crippen LogP contribution in [0.4, 0.5) is 4.39 Å². The third-order valence-electron chi connectivity index (χ3n) is 4.64. The first-order valence-corrected chi connectivity index (χ1v) is 8.94. The number of rotatable bonds is 7. The highest BCUT2D eigenvalue weighted by molar-refractivity contribution is 5.89. The summed E-state index contributed by atoms with van der Waals surface area (Å²) in [5, 5.41) is 2.69. The lowest BCUT2D eigenvalue weighted by Gasteiger charge is -2.14. The minimum absolute atomic E-state index is 0.175. The van der Waals surface area contributed by atoms with E-state index in [0.717, 1.165) is 16.7 Å². The summed E-state index contributed by atoms with van der Waals surface area (Å²) in [7, 11) is 0. The topological polar surface area (TPSA) is 58.4 Å². The SMILES string of the molecule is Cc1ccc(F)cc1CN1CC1C(=O)N[C@@H](C)C(=O)OCc1ccccc1. The van der Waals surface area contributed by atoms with Gasteiger partial charge in [0.2, 0.25) is 5.91 Å². The maximum atomic E-state index is 13.4. The van der Waals surface area contributed by atoms with Gasteiger partial charge in [0.1, 0.15) is 24.5 Å². The summed E-state index contributed by atoms with van der Waals surface area (Å²) in [6, 6.07) is 13.0. The summed E-state index contributed by atoms with van der Waals surface area (Å²) in [5.74, 6) is -0.971. The van der Waals surface area contributed by atoms with Crippen molar-refractivity contribution in [3.63, 3.8) is 0 Å². The van der Waals surface area contributed by atoms with Gasteiger partial charge in [-0.2, -0.15) is 0 Å². The van der Waals surface area contributed by atoms with E-state index < -0.39 is 12.0 Å². The molecule has 1 saturated heterocycles. The van der Waals surface area contributed by atoms with E-state index in [4.69, 9.17) is 4.74 Å². The van der Waals surface area contributed by atoms with Gasteiger partial charge in [0.25, 0.3) is 0 Å². The number of carbonyl (C=O) groups excluding carboxylic acids is 2. The summed E-state index contributed by atoms with van der Waals surface area (Å²) in [6.07, 6.45) is 0. The second-order valence-electron chi connectivity index (χ2n) is 6.84. The van der Waals surface area contributed by atoms with Gasteiger partial charge in [-0.15, -0.1) is 0 Å². The van der Waals surface area contributed by atoms with Crippen LogP contribution in [0.3, 0.4) is 0 Å². The predicted molar refractivity (Wildman–Crippen MR) is 99.2 cm³/mol. The highest BCUT2D eigenvalue weighted by atomic mass is 19.1. The third-order valence-corrected chi connectivity index (χ3v) is 4.64. The van der Waals surface area contributed by atoms with E-state index in [1.807, 2.05) is 42.2 Å². The van der Waals surface area contributed by atoms with Crippen LogP contribution in [0.2, 0.25) is 0 Å². The first-order valence-electron chi connectivity index (χ1n) is 8.94. The number of aryl methyl sites for hydroxylation is 1. The number of carbonyl (C=O) groups is 2. The van der Waals surface area contributed by atoms with E-state index in [2.05, 4.69) is 5.32 Å². The molecule has 2 unspecified atom stereocenters. The van der Waals surface area contributed by atoms with Crippen LogP contribution in [-0.2, 0) is 27.5 Å². The summed E-state index contributed by atoms with van der Waals surface area (Å²) in [6.45, 7) is 4.79. The normalized spacial score (nSPS) is 19.2. The maximum absolute atomic E-state index is 13.4. The van der Waals surface area contributed by atoms with Crippen LogP contribution in [0, 0.1) is 12.7 Å². The number of esters is 1. The second kappa shape index (κ2) is 8.31.